The lowest BCUT2D eigenvalue weighted by Gasteiger charge is -2.38. The van der Waals surface area contributed by atoms with Gasteiger partial charge >= 0.3 is 0 Å². The Kier molecular flexibility index (Phi) is 6.85. The van der Waals surface area contributed by atoms with Gasteiger partial charge in [0, 0.05) is 32.1 Å². The highest BCUT2D eigenvalue weighted by molar-refractivity contribution is 7.95. The van der Waals surface area contributed by atoms with Crippen molar-refractivity contribution in [2.75, 3.05) is 32.5 Å². The number of carbonyl (C=O) groups is 1. The molecule has 1 fully saturated rings. The summed E-state index contributed by atoms with van der Waals surface area (Å²) in [4.78, 5) is 17.1. The van der Waals surface area contributed by atoms with E-state index in [9.17, 15) is 4.79 Å². The summed E-state index contributed by atoms with van der Waals surface area (Å²) in [6.45, 7) is 7.46. The fraction of sp³-hybridized carbons (Fsp3) is 0.296. The van der Waals surface area contributed by atoms with Gasteiger partial charge in [-0.1, -0.05) is 68.4 Å². The number of amides is 1. The Labute approximate surface area is 187 Å². The van der Waals surface area contributed by atoms with E-state index >= 15 is 0 Å². The van der Waals surface area contributed by atoms with E-state index in [1.165, 1.54) is 15.9 Å². The third kappa shape index (κ3) is 4.59. The first kappa shape index (κ1) is 21.7. The monoisotopic (exact) mass is 431 g/mol. The van der Waals surface area contributed by atoms with E-state index in [-0.39, 0.29) is 11.8 Å². The molecule has 0 saturated carbocycles. The van der Waals surface area contributed by atoms with E-state index < -0.39 is 7.26 Å². The predicted molar refractivity (Wildman–Crippen MR) is 133 cm³/mol. The number of carbonyl (C=O) groups excluding carboxylic acids is 1. The zero-order chi connectivity index (χ0) is 21.7. The Hall–Kier alpha value is -2.48. The van der Waals surface area contributed by atoms with Crippen LogP contribution in [-0.2, 0) is 4.79 Å². The van der Waals surface area contributed by atoms with Crippen LogP contribution in [0, 0.1) is 5.92 Å². The third-order valence-corrected chi connectivity index (χ3v) is 10.5. The zero-order valence-electron chi connectivity index (χ0n) is 18.5. The van der Waals surface area contributed by atoms with Gasteiger partial charge < -0.3 is 4.90 Å². The van der Waals surface area contributed by atoms with E-state index in [1.54, 1.807) is 0 Å². The normalized spacial score (nSPS) is 15.3. The highest BCUT2D eigenvalue weighted by atomic mass is 31.2. The molecule has 0 aliphatic carbocycles. The number of hydrogen-bond donors (Lipinski definition) is 0. The smallest absolute Gasteiger partial charge is 0.225 e. The van der Waals surface area contributed by atoms with Crippen LogP contribution < -0.4 is 15.9 Å². The first-order valence-electron chi connectivity index (χ1n) is 11.2. The Morgan fingerprint density at radius 2 is 1.10 bits per heavy atom. The third-order valence-electron chi connectivity index (χ3n) is 6.18. The van der Waals surface area contributed by atoms with Crippen LogP contribution >= 0.6 is 7.26 Å². The molecule has 0 unspecified atom stereocenters. The minimum atomic E-state index is -1.86. The van der Waals surface area contributed by atoms with Gasteiger partial charge in [-0.3, -0.25) is 9.69 Å². The summed E-state index contributed by atoms with van der Waals surface area (Å²) >= 11 is 0. The predicted octanol–water partition coefficient (Wildman–Crippen LogP) is 3.74. The maximum Gasteiger partial charge on any atom is 0.225 e. The number of nitrogens with zero attached hydrogens (tertiary/aromatic N) is 2. The maximum absolute atomic E-state index is 12.5. The standard InChI is InChI=1S/C27H32N2OP/c1-23(2)27(30)29-20-18-28(19-21-29)22-31(24-12-6-3-7-13-24,25-14-8-4-9-15-25)26-16-10-5-11-17-26/h3-17,23H,18-22H2,1-2H3/q+1. The molecule has 0 bridgehead atoms. The van der Waals surface area contributed by atoms with Crippen molar-refractivity contribution < 1.29 is 4.79 Å². The molecular formula is C27H32N2OP+. The Bertz CT molecular complexity index is 871. The second-order valence-corrected chi connectivity index (χ2v) is 12.0. The Balaban J connectivity index is 1.73. The molecule has 3 aromatic carbocycles. The van der Waals surface area contributed by atoms with Crippen molar-refractivity contribution >= 4 is 29.1 Å². The molecule has 0 N–H and O–H groups in total. The van der Waals surface area contributed by atoms with Crippen LogP contribution in [0.1, 0.15) is 13.8 Å². The molecular weight excluding hydrogens is 399 g/mol. The van der Waals surface area contributed by atoms with Crippen LogP contribution in [0.5, 0.6) is 0 Å². The van der Waals surface area contributed by atoms with Gasteiger partial charge in [-0.2, -0.15) is 0 Å². The summed E-state index contributed by atoms with van der Waals surface area (Å²) < 4.78 is 0. The molecule has 1 heterocycles. The Morgan fingerprint density at radius 1 is 0.710 bits per heavy atom. The number of hydrogen-bond acceptors (Lipinski definition) is 2. The van der Waals surface area contributed by atoms with E-state index in [2.05, 4.69) is 95.9 Å². The van der Waals surface area contributed by atoms with Gasteiger partial charge in [0.15, 0.2) is 0 Å². The molecule has 1 aliphatic heterocycles. The van der Waals surface area contributed by atoms with Crippen LogP contribution in [-0.4, -0.2) is 48.2 Å². The molecule has 0 spiro atoms. The van der Waals surface area contributed by atoms with Gasteiger partial charge in [0.2, 0.25) is 5.91 Å². The second-order valence-electron chi connectivity index (χ2n) is 8.56. The SMILES string of the molecule is CC(C)C(=O)N1CCN(C[P+](c2ccccc2)(c2ccccc2)c2ccccc2)CC1. The second kappa shape index (κ2) is 9.77. The van der Waals surface area contributed by atoms with Crippen molar-refractivity contribution in [3.63, 3.8) is 0 Å². The zero-order valence-corrected chi connectivity index (χ0v) is 19.4. The fourth-order valence-electron chi connectivity index (χ4n) is 4.51. The van der Waals surface area contributed by atoms with Crippen LogP contribution in [0.2, 0.25) is 0 Å². The first-order chi connectivity index (χ1) is 15.1. The van der Waals surface area contributed by atoms with E-state index in [4.69, 9.17) is 0 Å². The minimum absolute atomic E-state index is 0.0658. The fourth-order valence-corrected chi connectivity index (χ4v) is 8.82. The maximum atomic E-state index is 12.5. The van der Waals surface area contributed by atoms with E-state index in [0.29, 0.717) is 0 Å². The molecule has 1 amide bonds. The summed E-state index contributed by atoms with van der Waals surface area (Å²) in [5.41, 5.74) is 0. The lowest BCUT2D eigenvalue weighted by atomic mass is 10.2. The molecule has 4 rings (SSSR count). The van der Waals surface area contributed by atoms with Gasteiger partial charge in [0.05, 0.1) is 0 Å². The number of rotatable bonds is 6. The average Bonchev–Trinajstić information content (AvgIpc) is 2.84. The summed E-state index contributed by atoms with van der Waals surface area (Å²) in [6, 6.07) is 33.1. The minimum Gasteiger partial charge on any atom is -0.340 e. The molecule has 160 valence electrons. The average molecular weight is 432 g/mol. The van der Waals surface area contributed by atoms with Crippen molar-refractivity contribution in [1.29, 1.82) is 0 Å². The van der Waals surface area contributed by atoms with Gasteiger partial charge in [-0.25, -0.2) is 0 Å². The van der Waals surface area contributed by atoms with Crippen LogP contribution in [0.4, 0.5) is 0 Å². The number of piperazine rings is 1. The molecule has 4 heteroatoms. The van der Waals surface area contributed by atoms with Gasteiger partial charge in [-0.15, -0.1) is 0 Å². The Morgan fingerprint density at radius 3 is 1.45 bits per heavy atom. The van der Waals surface area contributed by atoms with Crippen molar-refractivity contribution in [3.05, 3.63) is 91.0 Å². The quantitative estimate of drug-likeness (QED) is 0.555. The first-order valence-corrected chi connectivity index (χ1v) is 13.1. The topological polar surface area (TPSA) is 23.6 Å². The van der Waals surface area contributed by atoms with Crippen molar-refractivity contribution in [3.8, 4) is 0 Å². The molecule has 31 heavy (non-hydrogen) atoms. The van der Waals surface area contributed by atoms with Crippen molar-refractivity contribution in [2.24, 2.45) is 5.92 Å². The van der Waals surface area contributed by atoms with Crippen molar-refractivity contribution in [1.82, 2.24) is 9.80 Å². The highest BCUT2D eigenvalue weighted by Crippen LogP contribution is 2.55. The molecule has 3 nitrogen and oxygen atoms in total. The summed E-state index contributed by atoms with van der Waals surface area (Å²) in [5.74, 6) is 0.339. The summed E-state index contributed by atoms with van der Waals surface area (Å²) in [7, 11) is -1.86. The van der Waals surface area contributed by atoms with Crippen LogP contribution in [0.3, 0.4) is 0 Å². The van der Waals surface area contributed by atoms with Crippen LogP contribution in [0.25, 0.3) is 0 Å². The summed E-state index contributed by atoms with van der Waals surface area (Å²) in [6.07, 6.45) is 0.995. The molecule has 3 aromatic rings. The lowest BCUT2D eigenvalue weighted by molar-refractivity contribution is -0.136. The summed E-state index contributed by atoms with van der Waals surface area (Å²) in [5, 5.41) is 4.23. The molecule has 0 atom stereocenters. The van der Waals surface area contributed by atoms with Gasteiger partial charge in [0.1, 0.15) is 29.5 Å². The largest absolute Gasteiger partial charge is 0.340 e. The van der Waals surface area contributed by atoms with E-state index in [1.807, 2.05) is 18.7 Å². The van der Waals surface area contributed by atoms with Crippen molar-refractivity contribution in [2.45, 2.75) is 13.8 Å². The molecule has 1 saturated heterocycles. The van der Waals surface area contributed by atoms with Gasteiger partial charge in [0.25, 0.3) is 0 Å². The lowest BCUT2D eigenvalue weighted by Crippen LogP contribution is -2.51. The molecule has 1 aliphatic rings. The molecule has 0 radical (unpaired) electrons. The number of benzene rings is 3. The van der Waals surface area contributed by atoms with Crippen LogP contribution in [0.15, 0.2) is 91.0 Å². The van der Waals surface area contributed by atoms with E-state index in [0.717, 1.165) is 32.5 Å². The molecule has 0 aromatic heterocycles. The van der Waals surface area contributed by atoms with Gasteiger partial charge in [-0.05, 0) is 36.4 Å². The highest BCUT2D eigenvalue weighted by Gasteiger charge is 2.47.